The van der Waals surface area contributed by atoms with E-state index in [4.69, 9.17) is 10.5 Å². The molecule has 2 N–H and O–H groups in total. The number of hydrogen-bond acceptors (Lipinski definition) is 5. The van der Waals surface area contributed by atoms with Crippen LogP contribution in [0.3, 0.4) is 0 Å². The van der Waals surface area contributed by atoms with Crippen molar-refractivity contribution >= 4 is 15.5 Å². The van der Waals surface area contributed by atoms with Crippen molar-refractivity contribution in [2.24, 2.45) is 5.73 Å². The van der Waals surface area contributed by atoms with Crippen LogP contribution in [0.2, 0.25) is 0 Å². The van der Waals surface area contributed by atoms with Crippen LogP contribution in [0, 0.1) is 0 Å². The van der Waals surface area contributed by atoms with Gasteiger partial charge in [0.05, 0.1) is 12.0 Å². The lowest BCUT2D eigenvalue weighted by atomic mass is 10.1. The van der Waals surface area contributed by atoms with Crippen molar-refractivity contribution in [1.29, 1.82) is 0 Å². The van der Waals surface area contributed by atoms with E-state index in [0.717, 1.165) is 5.69 Å². The molecule has 0 aliphatic rings. The molecule has 0 saturated heterocycles. The molecule has 0 heterocycles. The van der Waals surface area contributed by atoms with Gasteiger partial charge in [0.1, 0.15) is 11.0 Å². The largest absolute Gasteiger partial charge is 0.497 e. The first-order valence-electron chi connectivity index (χ1n) is 7.25. The number of benzene rings is 2. The zero-order valence-corrected chi connectivity index (χ0v) is 14.4. The lowest BCUT2D eigenvalue weighted by Crippen LogP contribution is -2.22. The van der Waals surface area contributed by atoms with Gasteiger partial charge in [-0.2, -0.15) is 0 Å². The van der Waals surface area contributed by atoms with Crippen LogP contribution in [0.25, 0.3) is 0 Å². The fourth-order valence-electron chi connectivity index (χ4n) is 2.36. The van der Waals surface area contributed by atoms with Gasteiger partial charge in [-0.25, -0.2) is 8.42 Å². The molecule has 0 fully saturated rings. The van der Waals surface area contributed by atoms with Crippen molar-refractivity contribution in [3.05, 3.63) is 54.1 Å². The van der Waals surface area contributed by atoms with E-state index in [1.165, 1.54) is 0 Å². The first kappa shape index (κ1) is 17.3. The third kappa shape index (κ3) is 3.65. The summed E-state index contributed by atoms with van der Waals surface area (Å²) in [5.74, 6) is 0.614. The van der Waals surface area contributed by atoms with Crippen LogP contribution < -0.4 is 15.4 Å². The highest BCUT2D eigenvalue weighted by Crippen LogP contribution is 2.30. The second-order valence-electron chi connectivity index (χ2n) is 5.43. The van der Waals surface area contributed by atoms with Gasteiger partial charge in [0.2, 0.25) is 0 Å². The minimum absolute atomic E-state index is 0.0235. The lowest BCUT2D eigenvalue weighted by Gasteiger charge is -2.18. The second-order valence-corrected chi connectivity index (χ2v) is 7.56. The van der Waals surface area contributed by atoms with Crippen molar-refractivity contribution in [3.63, 3.8) is 0 Å². The van der Waals surface area contributed by atoms with E-state index in [0.29, 0.717) is 11.3 Å². The highest BCUT2D eigenvalue weighted by Gasteiger charge is 2.28. The fraction of sp³-hybridized carbons (Fsp3) is 0.294. The Balaban J connectivity index is 2.37. The summed E-state index contributed by atoms with van der Waals surface area (Å²) in [6.45, 7) is 0.0235. The number of methoxy groups -OCH3 is 1. The van der Waals surface area contributed by atoms with Crippen molar-refractivity contribution in [1.82, 2.24) is 0 Å². The maximum atomic E-state index is 12.9. The Morgan fingerprint density at radius 2 is 1.61 bits per heavy atom. The van der Waals surface area contributed by atoms with Crippen molar-refractivity contribution in [2.75, 3.05) is 32.6 Å². The van der Waals surface area contributed by atoms with E-state index >= 15 is 0 Å². The molecule has 0 aromatic heterocycles. The predicted octanol–water partition coefficient (Wildman–Crippen LogP) is 2.23. The van der Waals surface area contributed by atoms with Gasteiger partial charge in [0.25, 0.3) is 0 Å². The first-order valence-corrected chi connectivity index (χ1v) is 8.80. The summed E-state index contributed by atoms with van der Waals surface area (Å²) in [6, 6.07) is 13.8. The third-order valence-corrected chi connectivity index (χ3v) is 5.90. The standard InChI is InChI=1S/C17H22N2O3S/c1-19(2)14-6-4-13(5-7-14)17(12-18)23(20,21)16-10-8-15(22-3)9-11-16/h4-11,17H,12,18H2,1-3H3. The molecule has 1 atom stereocenters. The van der Waals surface area contributed by atoms with Crippen molar-refractivity contribution in [2.45, 2.75) is 10.1 Å². The van der Waals surface area contributed by atoms with Gasteiger partial charge in [-0.3, -0.25) is 0 Å². The maximum Gasteiger partial charge on any atom is 0.186 e. The molecule has 1 unspecified atom stereocenters. The third-order valence-electron chi connectivity index (χ3n) is 3.76. The molecule has 0 aliphatic heterocycles. The minimum atomic E-state index is -3.56. The lowest BCUT2D eigenvalue weighted by molar-refractivity contribution is 0.414. The second kappa shape index (κ2) is 7.02. The molecule has 0 aliphatic carbocycles. The summed E-state index contributed by atoms with van der Waals surface area (Å²) < 4.78 is 30.8. The topological polar surface area (TPSA) is 72.6 Å². The fourth-order valence-corrected chi connectivity index (χ4v) is 3.97. The molecule has 0 spiro atoms. The quantitative estimate of drug-likeness (QED) is 0.877. The highest BCUT2D eigenvalue weighted by molar-refractivity contribution is 7.91. The van der Waals surface area contributed by atoms with Gasteiger partial charge in [0.15, 0.2) is 9.84 Å². The first-order chi connectivity index (χ1) is 10.9. The van der Waals surface area contributed by atoms with Crippen LogP contribution in [-0.2, 0) is 9.84 Å². The molecular weight excluding hydrogens is 312 g/mol. The summed E-state index contributed by atoms with van der Waals surface area (Å²) in [5, 5.41) is -0.771. The Labute approximate surface area is 137 Å². The average molecular weight is 334 g/mol. The summed E-state index contributed by atoms with van der Waals surface area (Å²) in [5.41, 5.74) is 7.46. The molecular formula is C17H22N2O3S. The predicted molar refractivity (Wildman–Crippen MR) is 92.7 cm³/mol. The number of nitrogens with two attached hydrogens (primary N) is 1. The molecule has 6 heteroatoms. The van der Waals surface area contributed by atoms with E-state index in [-0.39, 0.29) is 11.4 Å². The smallest absolute Gasteiger partial charge is 0.186 e. The summed E-state index contributed by atoms with van der Waals surface area (Å²) in [7, 11) is 1.85. The number of sulfone groups is 1. The van der Waals surface area contributed by atoms with Gasteiger partial charge >= 0.3 is 0 Å². The van der Waals surface area contributed by atoms with Gasteiger partial charge < -0.3 is 15.4 Å². The highest BCUT2D eigenvalue weighted by atomic mass is 32.2. The van der Waals surface area contributed by atoms with Crippen molar-refractivity contribution < 1.29 is 13.2 Å². The Kier molecular flexibility index (Phi) is 5.28. The Morgan fingerprint density at radius 3 is 2.04 bits per heavy atom. The molecule has 124 valence electrons. The SMILES string of the molecule is COc1ccc(S(=O)(=O)C(CN)c2ccc(N(C)C)cc2)cc1. The van der Waals surface area contributed by atoms with Gasteiger partial charge in [-0.15, -0.1) is 0 Å². The van der Waals surface area contributed by atoms with Crippen LogP contribution in [0.5, 0.6) is 5.75 Å². The summed E-state index contributed by atoms with van der Waals surface area (Å²) in [6.07, 6.45) is 0. The monoisotopic (exact) mass is 334 g/mol. The molecule has 2 rings (SSSR count). The molecule has 0 saturated carbocycles. The van der Waals surface area contributed by atoms with Crippen LogP contribution in [0.4, 0.5) is 5.69 Å². The zero-order chi connectivity index (χ0) is 17.0. The molecule has 5 nitrogen and oxygen atoms in total. The van der Waals surface area contributed by atoms with Crippen LogP contribution >= 0.6 is 0 Å². The number of ether oxygens (including phenoxy) is 1. The van der Waals surface area contributed by atoms with E-state index < -0.39 is 15.1 Å². The molecule has 0 bridgehead atoms. The van der Waals surface area contributed by atoms with Crippen LogP contribution in [0.15, 0.2) is 53.4 Å². The van der Waals surface area contributed by atoms with Gasteiger partial charge in [0, 0.05) is 26.3 Å². The summed E-state index contributed by atoms with van der Waals surface area (Å²) >= 11 is 0. The Morgan fingerprint density at radius 1 is 1.04 bits per heavy atom. The van der Waals surface area contributed by atoms with Gasteiger partial charge in [-0.05, 0) is 42.0 Å². The van der Waals surface area contributed by atoms with E-state index in [1.54, 1.807) is 31.4 Å². The Bertz CT molecular complexity index is 738. The number of rotatable bonds is 6. The van der Waals surface area contributed by atoms with E-state index in [2.05, 4.69) is 0 Å². The number of nitrogens with zero attached hydrogens (tertiary/aromatic N) is 1. The van der Waals surface area contributed by atoms with Gasteiger partial charge in [-0.1, -0.05) is 12.1 Å². The molecule has 23 heavy (non-hydrogen) atoms. The zero-order valence-electron chi connectivity index (χ0n) is 13.6. The van der Waals surface area contributed by atoms with E-state index in [9.17, 15) is 8.42 Å². The normalized spacial score (nSPS) is 12.7. The molecule has 2 aromatic carbocycles. The molecule has 0 amide bonds. The minimum Gasteiger partial charge on any atom is -0.497 e. The maximum absolute atomic E-state index is 12.9. The van der Waals surface area contributed by atoms with Crippen molar-refractivity contribution in [3.8, 4) is 5.75 Å². The summed E-state index contributed by atoms with van der Waals surface area (Å²) in [4.78, 5) is 2.20. The van der Waals surface area contributed by atoms with Crippen LogP contribution in [-0.4, -0.2) is 36.2 Å². The molecule has 0 radical (unpaired) electrons. The average Bonchev–Trinajstić information content (AvgIpc) is 2.56. The number of anilines is 1. The van der Waals surface area contributed by atoms with E-state index in [1.807, 2.05) is 43.3 Å². The number of hydrogen-bond donors (Lipinski definition) is 1. The Hall–Kier alpha value is -2.05. The molecule has 2 aromatic rings. The van der Waals surface area contributed by atoms with Crippen LogP contribution in [0.1, 0.15) is 10.8 Å².